The molecule has 2 fully saturated rings. The minimum Gasteiger partial charge on any atom is -0.493 e. The molecule has 2 aromatic rings. The summed E-state index contributed by atoms with van der Waals surface area (Å²) in [6.07, 6.45) is 2.03. The van der Waals surface area contributed by atoms with Crippen LogP contribution in [0, 0.1) is 6.92 Å². The van der Waals surface area contributed by atoms with Crippen LogP contribution in [0.2, 0.25) is 0 Å². The first-order chi connectivity index (χ1) is 15.0. The van der Waals surface area contributed by atoms with Gasteiger partial charge in [-0.2, -0.15) is 0 Å². The summed E-state index contributed by atoms with van der Waals surface area (Å²) in [4.78, 5) is 32.2. The molecule has 1 saturated heterocycles. The number of amides is 2. The van der Waals surface area contributed by atoms with E-state index in [0.717, 1.165) is 24.1 Å². The second-order valence-corrected chi connectivity index (χ2v) is 8.77. The van der Waals surface area contributed by atoms with Gasteiger partial charge in [0.05, 0.1) is 19.9 Å². The molecule has 0 bridgehead atoms. The molecule has 1 heterocycles. The zero-order valence-electron chi connectivity index (χ0n) is 17.8. The first-order valence-electron chi connectivity index (χ1n) is 10.2. The zero-order valence-corrected chi connectivity index (χ0v) is 18.6. The number of hydrogen-bond acceptors (Lipinski definition) is 6. The quantitative estimate of drug-likeness (QED) is 0.702. The fourth-order valence-corrected chi connectivity index (χ4v) is 4.60. The van der Waals surface area contributed by atoms with Crippen molar-refractivity contribution in [2.24, 2.45) is 4.99 Å². The highest BCUT2D eigenvalue weighted by Gasteiger charge is 2.46. The third-order valence-electron chi connectivity index (χ3n) is 5.18. The standard InChI is InChI=1S/C23H25N3O4S/c1-14-4-6-15(7-5-14)25-23-26(17-9-10-17)22(28)20(31-23)13-21(27)24-16-8-11-18(29-2)19(12-16)30-3/h4-8,11-12,17,20H,9-10,13H2,1-3H3,(H,24,27). The van der Waals surface area contributed by atoms with E-state index in [1.54, 1.807) is 37.3 Å². The van der Waals surface area contributed by atoms with Gasteiger partial charge in [-0.15, -0.1) is 0 Å². The van der Waals surface area contributed by atoms with Crippen LogP contribution in [0.15, 0.2) is 47.5 Å². The van der Waals surface area contributed by atoms with Crippen LogP contribution >= 0.6 is 11.8 Å². The fraction of sp³-hybridized carbons (Fsp3) is 0.348. The van der Waals surface area contributed by atoms with Gasteiger partial charge in [-0.05, 0) is 44.0 Å². The third kappa shape index (κ3) is 4.85. The molecule has 2 aromatic carbocycles. The Morgan fingerprint density at radius 3 is 2.48 bits per heavy atom. The fourth-order valence-electron chi connectivity index (χ4n) is 3.39. The third-order valence-corrected chi connectivity index (χ3v) is 6.33. The van der Waals surface area contributed by atoms with Crippen LogP contribution in [-0.4, -0.2) is 47.4 Å². The van der Waals surface area contributed by atoms with E-state index in [1.807, 2.05) is 31.2 Å². The topological polar surface area (TPSA) is 80.2 Å². The Morgan fingerprint density at radius 2 is 1.84 bits per heavy atom. The highest BCUT2D eigenvalue weighted by Crippen LogP contribution is 2.39. The lowest BCUT2D eigenvalue weighted by Gasteiger charge is -2.15. The van der Waals surface area contributed by atoms with Gasteiger partial charge in [0.2, 0.25) is 11.8 Å². The van der Waals surface area contributed by atoms with E-state index >= 15 is 0 Å². The molecule has 0 aromatic heterocycles. The van der Waals surface area contributed by atoms with E-state index in [4.69, 9.17) is 14.5 Å². The van der Waals surface area contributed by atoms with Gasteiger partial charge in [0, 0.05) is 24.2 Å². The van der Waals surface area contributed by atoms with Crippen molar-refractivity contribution >= 4 is 40.1 Å². The molecule has 31 heavy (non-hydrogen) atoms. The summed E-state index contributed by atoms with van der Waals surface area (Å²) in [6, 6.07) is 13.2. The van der Waals surface area contributed by atoms with Gasteiger partial charge >= 0.3 is 0 Å². The molecule has 162 valence electrons. The molecule has 1 aliphatic heterocycles. The van der Waals surface area contributed by atoms with E-state index in [1.165, 1.54) is 11.8 Å². The molecule has 0 radical (unpaired) electrons. The van der Waals surface area contributed by atoms with Crippen molar-refractivity contribution in [1.29, 1.82) is 0 Å². The van der Waals surface area contributed by atoms with Gasteiger partial charge in [-0.3, -0.25) is 14.5 Å². The van der Waals surface area contributed by atoms with E-state index in [0.29, 0.717) is 22.4 Å². The van der Waals surface area contributed by atoms with Gasteiger partial charge in [-0.1, -0.05) is 29.5 Å². The number of methoxy groups -OCH3 is 2. The largest absolute Gasteiger partial charge is 0.493 e. The minimum absolute atomic E-state index is 0.0409. The molecule has 1 N–H and O–H groups in total. The van der Waals surface area contributed by atoms with E-state index in [9.17, 15) is 9.59 Å². The summed E-state index contributed by atoms with van der Waals surface area (Å²) < 4.78 is 10.5. The predicted molar refractivity (Wildman–Crippen MR) is 122 cm³/mol. The van der Waals surface area contributed by atoms with Crippen molar-refractivity contribution in [3.63, 3.8) is 0 Å². The van der Waals surface area contributed by atoms with Gasteiger partial charge in [0.1, 0.15) is 5.25 Å². The van der Waals surface area contributed by atoms with Crippen LogP contribution in [0.25, 0.3) is 0 Å². The number of anilines is 1. The normalized spacial score (nSPS) is 19.6. The molecule has 8 heteroatoms. The summed E-state index contributed by atoms with van der Waals surface area (Å²) >= 11 is 1.37. The van der Waals surface area contributed by atoms with Crippen molar-refractivity contribution in [3.05, 3.63) is 48.0 Å². The molecule has 4 rings (SSSR count). The number of nitrogens with one attached hydrogen (secondary N) is 1. The maximum atomic E-state index is 13.0. The number of carbonyl (C=O) groups is 2. The number of hydrogen-bond donors (Lipinski definition) is 1. The average molecular weight is 440 g/mol. The van der Waals surface area contributed by atoms with Crippen LogP contribution in [0.5, 0.6) is 11.5 Å². The SMILES string of the molecule is COc1ccc(NC(=O)CC2SC(=Nc3ccc(C)cc3)N(C3CC3)C2=O)cc1OC. The van der Waals surface area contributed by atoms with Crippen molar-refractivity contribution in [2.75, 3.05) is 19.5 Å². The monoisotopic (exact) mass is 439 g/mol. The number of rotatable bonds is 7. The van der Waals surface area contributed by atoms with Crippen molar-refractivity contribution in [1.82, 2.24) is 4.90 Å². The number of benzene rings is 2. The summed E-state index contributed by atoms with van der Waals surface area (Å²) in [6.45, 7) is 2.02. The van der Waals surface area contributed by atoms with Gasteiger partial charge < -0.3 is 14.8 Å². The molecule has 1 atom stereocenters. The van der Waals surface area contributed by atoms with E-state index in [2.05, 4.69) is 5.32 Å². The summed E-state index contributed by atoms with van der Waals surface area (Å²) in [7, 11) is 3.10. The van der Waals surface area contributed by atoms with Gasteiger partial charge in [0.25, 0.3) is 0 Å². The Hall–Kier alpha value is -3.00. The number of carbonyl (C=O) groups excluding carboxylic acids is 2. The van der Waals surface area contributed by atoms with Crippen molar-refractivity contribution < 1.29 is 19.1 Å². The highest BCUT2D eigenvalue weighted by atomic mass is 32.2. The summed E-state index contributed by atoms with van der Waals surface area (Å²) in [5.74, 6) is 0.837. The Balaban J connectivity index is 1.46. The first kappa shape index (κ1) is 21.2. The van der Waals surface area contributed by atoms with E-state index in [-0.39, 0.29) is 24.3 Å². The lowest BCUT2D eigenvalue weighted by atomic mass is 10.2. The van der Waals surface area contributed by atoms with Crippen molar-refractivity contribution in [2.45, 2.75) is 37.5 Å². The predicted octanol–water partition coefficient (Wildman–Crippen LogP) is 4.13. The summed E-state index contributed by atoms with van der Waals surface area (Å²) in [5, 5.41) is 3.05. The van der Waals surface area contributed by atoms with Gasteiger partial charge in [0.15, 0.2) is 16.7 Å². The van der Waals surface area contributed by atoms with Crippen LogP contribution in [-0.2, 0) is 9.59 Å². The number of amidine groups is 1. The van der Waals surface area contributed by atoms with Crippen LogP contribution < -0.4 is 14.8 Å². The second-order valence-electron chi connectivity index (χ2n) is 7.60. The number of thioether (sulfide) groups is 1. The second kappa shape index (κ2) is 9.01. The lowest BCUT2D eigenvalue weighted by molar-refractivity contribution is -0.128. The molecule has 0 spiro atoms. The summed E-state index contributed by atoms with van der Waals surface area (Å²) in [5.41, 5.74) is 2.55. The molecule has 2 amide bonds. The Kier molecular flexibility index (Phi) is 6.18. The molecule has 2 aliphatic rings. The maximum absolute atomic E-state index is 13.0. The number of aliphatic imine (C=N–C) groups is 1. The molecule has 1 aliphatic carbocycles. The maximum Gasteiger partial charge on any atom is 0.242 e. The molecule has 1 saturated carbocycles. The Labute approximate surface area is 185 Å². The molecule has 7 nitrogen and oxygen atoms in total. The molecular formula is C23H25N3O4S. The highest BCUT2D eigenvalue weighted by molar-refractivity contribution is 8.15. The van der Waals surface area contributed by atoms with Crippen molar-refractivity contribution in [3.8, 4) is 11.5 Å². The number of nitrogens with zero attached hydrogens (tertiary/aromatic N) is 2. The zero-order chi connectivity index (χ0) is 22.0. The van der Waals surface area contributed by atoms with E-state index < -0.39 is 5.25 Å². The number of ether oxygens (including phenoxy) is 2. The average Bonchev–Trinajstić information content (AvgIpc) is 3.55. The van der Waals surface area contributed by atoms with Crippen LogP contribution in [0.1, 0.15) is 24.8 Å². The Bertz CT molecular complexity index is 1020. The first-order valence-corrected chi connectivity index (χ1v) is 11.0. The molecular weight excluding hydrogens is 414 g/mol. The Morgan fingerprint density at radius 1 is 1.13 bits per heavy atom. The number of aryl methyl sites for hydroxylation is 1. The lowest BCUT2D eigenvalue weighted by Crippen LogP contribution is -2.35. The smallest absolute Gasteiger partial charge is 0.242 e. The molecule has 1 unspecified atom stereocenters. The van der Waals surface area contributed by atoms with Gasteiger partial charge in [-0.25, -0.2) is 4.99 Å². The van der Waals surface area contributed by atoms with Crippen LogP contribution in [0.3, 0.4) is 0 Å². The van der Waals surface area contributed by atoms with Crippen LogP contribution in [0.4, 0.5) is 11.4 Å². The minimum atomic E-state index is -0.482.